The van der Waals surface area contributed by atoms with E-state index < -0.39 is 0 Å². The molecule has 1 aliphatic heterocycles. The van der Waals surface area contributed by atoms with E-state index in [9.17, 15) is 4.39 Å². The zero-order chi connectivity index (χ0) is 12.5. The van der Waals surface area contributed by atoms with Crippen LogP contribution in [0.2, 0.25) is 0 Å². The number of nitrogens with zero attached hydrogens (tertiary/aromatic N) is 1. The Morgan fingerprint density at radius 3 is 2.83 bits per heavy atom. The van der Waals surface area contributed by atoms with Gasteiger partial charge in [-0.05, 0) is 49.3 Å². The molecule has 1 heterocycles. The summed E-state index contributed by atoms with van der Waals surface area (Å²) in [6.07, 6.45) is 4.69. The molecule has 0 bridgehead atoms. The van der Waals surface area contributed by atoms with Crippen molar-refractivity contribution in [3.63, 3.8) is 0 Å². The van der Waals surface area contributed by atoms with Crippen molar-refractivity contribution in [1.29, 1.82) is 0 Å². The minimum atomic E-state index is -0.133. The number of piperidine rings is 1. The van der Waals surface area contributed by atoms with Crippen molar-refractivity contribution in [1.82, 2.24) is 4.90 Å². The molecule has 1 saturated heterocycles. The van der Waals surface area contributed by atoms with Crippen LogP contribution in [0.15, 0.2) is 24.3 Å². The van der Waals surface area contributed by atoms with E-state index in [0.29, 0.717) is 5.92 Å². The third-order valence-corrected chi connectivity index (χ3v) is 4.07. The second kappa shape index (κ2) is 4.98. The average Bonchev–Trinajstić information content (AvgIpc) is 3.11. The molecule has 2 nitrogen and oxygen atoms in total. The lowest BCUT2D eigenvalue weighted by Crippen LogP contribution is -2.48. The molecule has 0 spiro atoms. The van der Waals surface area contributed by atoms with Crippen LogP contribution in [0.3, 0.4) is 0 Å². The Hall–Kier alpha value is -0.930. The molecule has 2 atom stereocenters. The molecule has 3 rings (SSSR count). The standard InChI is InChI=1S/C15H21FN2/c16-13-3-1-2-11(7-13)6-12-8-14(17)10-18(9-12)15-4-5-15/h1-3,7,12,14-15H,4-6,8-10,17H2. The molecule has 3 heteroatoms. The van der Waals surface area contributed by atoms with Crippen LogP contribution < -0.4 is 5.73 Å². The first-order valence-corrected chi connectivity index (χ1v) is 6.95. The highest BCUT2D eigenvalue weighted by molar-refractivity contribution is 5.17. The monoisotopic (exact) mass is 248 g/mol. The van der Waals surface area contributed by atoms with E-state index in [0.717, 1.165) is 37.5 Å². The molecule has 2 aliphatic rings. The van der Waals surface area contributed by atoms with E-state index in [1.165, 1.54) is 18.9 Å². The predicted octanol–water partition coefficient (Wildman–Crippen LogP) is 2.18. The highest BCUT2D eigenvalue weighted by Gasteiger charge is 2.34. The van der Waals surface area contributed by atoms with Gasteiger partial charge in [-0.15, -0.1) is 0 Å². The van der Waals surface area contributed by atoms with Crippen molar-refractivity contribution >= 4 is 0 Å². The number of hydrogen-bond donors (Lipinski definition) is 1. The van der Waals surface area contributed by atoms with Gasteiger partial charge in [-0.1, -0.05) is 12.1 Å². The second-order valence-electron chi connectivity index (χ2n) is 5.88. The molecule has 1 saturated carbocycles. The molecule has 1 aromatic rings. The van der Waals surface area contributed by atoms with Gasteiger partial charge in [-0.3, -0.25) is 4.90 Å². The lowest BCUT2D eigenvalue weighted by molar-refractivity contribution is 0.148. The molecule has 2 fully saturated rings. The van der Waals surface area contributed by atoms with Gasteiger partial charge in [0.25, 0.3) is 0 Å². The van der Waals surface area contributed by atoms with Crippen LogP contribution >= 0.6 is 0 Å². The van der Waals surface area contributed by atoms with Crippen LogP contribution in [0.25, 0.3) is 0 Å². The SMILES string of the molecule is NC1CC(Cc2cccc(F)c2)CN(C2CC2)C1. The lowest BCUT2D eigenvalue weighted by atomic mass is 9.89. The number of benzene rings is 1. The van der Waals surface area contributed by atoms with E-state index >= 15 is 0 Å². The quantitative estimate of drug-likeness (QED) is 0.888. The molecule has 18 heavy (non-hydrogen) atoms. The van der Waals surface area contributed by atoms with Gasteiger partial charge < -0.3 is 5.73 Å². The molecule has 2 N–H and O–H groups in total. The Morgan fingerprint density at radius 2 is 2.11 bits per heavy atom. The summed E-state index contributed by atoms with van der Waals surface area (Å²) in [5.74, 6) is 0.447. The Kier molecular flexibility index (Phi) is 3.35. The summed E-state index contributed by atoms with van der Waals surface area (Å²) in [7, 11) is 0. The number of hydrogen-bond acceptors (Lipinski definition) is 2. The number of nitrogens with two attached hydrogens (primary N) is 1. The molecule has 0 amide bonds. The summed E-state index contributed by atoms with van der Waals surface area (Å²) in [5, 5.41) is 0. The fourth-order valence-electron chi connectivity index (χ4n) is 3.17. The van der Waals surface area contributed by atoms with Crippen LogP contribution in [-0.2, 0) is 6.42 Å². The van der Waals surface area contributed by atoms with Gasteiger partial charge in [0.15, 0.2) is 0 Å². The molecule has 0 aromatic heterocycles. The summed E-state index contributed by atoms with van der Waals surface area (Å²) in [6.45, 7) is 2.18. The van der Waals surface area contributed by atoms with E-state index in [-0.39, 0.29) is 11.9 Å². The third-order valence-electron chi connectivity index (χ3n) is 4.07. The van der Waals surface area contributed by atoms with Gasteiger partial charge in [0.2, 0.25) is 0 Å². The summed E-state index contributed by atoms with van der Waals surface area (Å²) in [6, 6.07) is 8.05. The van der Waals surface area contributed by atoms with Crippen molar-refractivity contribution < 1.29 is 4.39 Å². The lowest BCUT2D eigenvalue weighted by Gasteiger charge is -2.36. The summed E-state index contributed by atoms with van der Waals surface area (Å²) < 4.78 is 13.2. The first-order valence-electron chi connectivity index (χ1n) is 6.95. The van der Waals surface area contributed by atoms with Crippen LogP contribution in [0.5, 0.6) is 0 Å². The molecule has 1 aliphatic carbocycles. The largest absolute Gasteiger partial charge is 0.327 e. The first-order chi connectivity index (χ1) is 8.70. The van der Waals surface area contributed by atoms with Gasteiger partial charge in [0.1, 0.15) is 5.82 Å². The van der Waals surface area contributed by atoms with Gasteiger partial charge in [-0.2, -0.15) is 0 Å². The minimum Gasteiger partial charge on any atom is -0.327 e. The van der Waals surface area contributed by atoms with Crippen molar-refractivity contribution in [3.05, 3.63) is 35.6 Å². The van der Waals surface area contributed by atoms with Crippen molar-refractivity contribution in [2.75, 3.05) is 13.1 Å². The van der Waals surface area contributed by atoms with Crippen molar-refractivity contribution in [3.8, 4) is 0 Å². The summed E-state index contributed by atoms with van der Waals surface area (Å²) in [4.78, 5) is 2.54. The van der Waals surface area contributed by atoms with Crippen LogP contribution in [0, 0.1) is 11.7 Å². The fraction of sp³-hybridized carbons (Fsp3) is 0.600. The van der Waals surface area contributed by atoms with Crippen LogP contribution in [0.1, 0.15) is 24.8 Å². The normalized spacial score (nSPS) is 29.4. The molecule has 98 valence electrons. The predicted molar refractivity (Wildman–Crippen MR) is 70.8 cm³/mol. The molecule has 1 aromatic carbocycles. The van der Waals surface area contributed by atoms with E-state index in [1.807, 2.05) is 6.07 Å². The van der Waals surface area contributed by atoms with E-state index in [2.05, 4.69) is 4.90 Å². The van der Waals surface area contributed by atoms with Crippen LogP contribution in [-0.4, -0.2) is 30.1 Å². The maximum Gasteiger partial charge on any atom is 0.123 e. The zero-order valence-corrected chi connectivity index (χ0v) is 10.7. The van der Waals surface area contributed by atoms with Crippen molar-refractivity contribution in [2.24, 2.45) is 11.7 Å². The second-order valence-corrected chi connectivity index (χ2v) is 5.88. The Bertz CT molecular complexity index is 417. The molecular weight excluding hydrogens is 227 g/mol. The van der Waals surface area contributed by atoms with Gasteiger partial charge in [0.05, 0.1) is 0 Å². The van der Waals surface area contributed by atoms with E-state index in [1.54, 1.807) is 12.1 Å². The van der Waals surface area contributed by atoms with Gasteiger partial charge in [0, 0.05) is 25.2 Å². The highest BCUT2D eigenvalue weighted by atomic mass is 19.1. The number of likely N-dealkylation sites (tertiary alicyclic amines) is 1. The highest BCUT2D eigenvalue weighted by Crippen LogP contribution is 2.31. The number of rotatable bonds is 3. The van der Waals surface area contributed by atoms with E-state index in [4.69, 9.17) is 5.73 Å². The Morgan fingerprint density at radius 1 is 1.28 bits per heavy atom. The van der Waals surface area contributed by atoms with Crippen LogP contribution in [0.4, 0.5) is 4.39 Å². The summed E-state index contributed by atoms with van der Waals surface area (Å²) in [5.41, 5.74) is 7.25. The summed E-state index contributed by atoms with van der Waals surface area (Å²) >= 11 is 0. The molecular formula is C15H21FN2. The first kappa shape index (κ1) is 12.1. The maximum absolute atomic E-state index is 13.2. The number of halogens is 1. The van der Waals surface area contributed by atoms with Crippen molar-refractivity contribution in [2.45, 2.75) is 37.8 Å². The Balaban J connectivity index is 1.64. The molecule has 2 unspecified atom stereocenters. The average molecular weight is 248 g/mol. The minimum absolute atomic E-state index is 0.133. The van der Waals surface area contributed by atoms with Gasteiger partial charge >= 0.3 is 0 Å². The smallest absolute Gasteiger partial charge is 0.123 e. The molecule has 0 radical (unpaired) electrons. The fourth-order valence-corrected chi connectivity index (χ4v) is 3.17. The Labute approximate surface area is 108 Å². The van der Waals surface area contributed by atoms with Gasteiger partial charge in [-0.25, -0.2) is 4.39 Å². The zero-order valence-electron chi connectivity index (χ0n) is 10.7. The topological polar surface area (TPSA) is 29.3 Å². The maximum atomic E-state index is 13.2. The third kappa shape index (κ3) is 2.90.